The van der Waals surface area contributed by atoms with Crippen molar-refractivity contribution in [3.63, 3.8) is 0 Å². The molecule has 0 aliphatic carbocycles. The Balaban J connectivity index is 2.65. The molecule has 84 valence electrons. The highest BCUT2D eigenvalue weighted by molar-refractivity contribution is 7.84. The first kappa shape index (κ1) is 11.8. The molecule has 0 aromatic rings. The molecule has 0 unspecified atom stereocenters. The van der Waals surface area contributed by atoms with Crippen LogP contribution in [0.3, 0.4) is 0 Å². The molecule has 0 N–H and O–H groups in total. The van der Waals surface area contributed by atoms with Crippen molar-refractivity contribution in [3.05, 3.63) is 0 Å². The minimum atomic E-state index is -4.81. The molecule has 0 bridgehead atoms. The summed E-state index contributed by atoms with van der Waals surface area (Å²) < 4.78 is 66.9. The third-order valence-corrected chi connectivity index (χ3v) is 3.78. The van der Waals surface area contributed by atoms with Crippen LogP contribution < -0.4 is 0 Å². The quantitative estimate of drug-likeness (QED) is 0.591. The molecular weight excluding hydrogens is 242 g/mol. The second-order valence-corrected chi connectivity index (χ2v) is 5.36. The third-order valence-electron chi connectivity index (χ3n) is 1.81. The summed E-state index contributed by atoms with van der Waals surface area (Å²) in [5.74, 6) is 0. The molecule has 1 aliphatic rings. The van der Waals surface area contributed by atoms with Gasteiger partial charge < -0.3 is 0 Å². The van der Waals surface area contributed by atoms with E-state index in [2.05, 4.69) is 0 Å². The van der Waals surface area contributed by atoms with Crippen LogP contribution in [0.4, 0.5) is 7.77 Å². The van der Waals surface area contributed by atoms with Gasteiger partial charge in [0.25, 0.3) is 0 Å². The van der Waals surface area contributed by atoms with Crippen molar-refractivity contribution in [2.45, 2.75) is 0 Å². The van der Waals surface area contributed by atoms with Crippen LogP contribution in [0.15, 0.2) is 0 Å². The molecule has 0 amide bonds. The Morgan fingerprint density at radius 1 is 0.714 bits per heavy atom. The lowest BCUT2D eigenvalue weighted by Gasteiger charge is -2.28. The number of piperazine rings is 1. The fourth-order valence-corrected chi connectivity index (χ4v) is 2.30. The summed E-state index contributed by atoms with van der Waals surface area (Å²) in [6.45, 7) is -1.49. The highest BCUT2D eigenvalue weighted by Crippen LogP contribution is 2.12. The Kier molecular flexibility index (Phi) is 3.09. The molecule has 1 rings (SSSR count). The van der Waals surface area contributed by atoms with Crippen LogP contribution in [0.1, 0.15) is 0 Å². The van der Waals surface area contributed by atoms with Gasteiger partial charge in [0.05, 0.1) is 0 Å². The first-order valence-corrected chi connectivity index (χ1v) is 6.29. The molecule has 10 heteroatoms. The minimum Gasteiger partial charge on any atom is -0.177 e. The van der Waals surface area contributed by atoms with Gasteiger partial charge in [0.15, 0.2) is 0 Å². The fourth-order valence-electron chi connectivity index (χ4n) is 1.11. The third kappa shape index (κ3) is 2.83. The summed E-state index contributed by atoms with van der Waals surface area (Å²) in [4.78, 5) is 0. The summed E-state index contributed by atoms with van der Waals surface area (Å²) in [6.07, 6.45) is 0. The van der Waals surface area contributed by atoms with Gasteiger partial charge in [-0.05, 0) is 0 Å². The van der Waals surface area contributed by atoms with E-state index in [1.165, 1.54) is 0 Å². The molecule has 0 saturated carbocycles. The Labute approximate surface area is 80.8 Å². The maximum atomic E-state index is 12.3. The molecule has 1 heterocycles. The minimum absolute atomic E-state index is 0.373. The van der Waals surface area contributed by atoms with E-state index in [-0.39, 0.29) is 26.2 Å². The topological polar surface area (TPSA) is 74.8 Å². The second kappa shape index (κ2) is 3.68. The molecule has 0 atom stereocenters. The summed E-state index contributed by atoms with van der Waals surface area (Å²) in [5.41, 5.74) is 0. The van der Waals surface area contributed by atoms with Crippen LogP contribution in [-0.4, -0.2) is 51.6 Å². The van der Waals surface area contributed by atoms with E-state index < -0.39 is 20.8 Å². The summed E-state index contributed by atoms with van der Waals surface area (Å²) in [5, 5.41) is 0. The van der Waals surface area contributed by atoms with Gasteiger partial charge in [-0.2, -0.15) is 25.4 Å². The van der Waals surface area contributed by atoms with E-state index in [0.29, 0.717) is 8.61 Å². The monoisotopic (exact) mass is 250 g/mol. The van der Waals surface area contributed by atoms with Crippen molar-refractivity contribution in [1.29, 1.82) is 0 Å². The molecule has 1 fully saturated rings. The average molecular weight is 250 g/mol. The predicted octanol–water partition coefficient (Wildman–Crippen LogP) is -0.967. The molecule has 14 heavy (non-hydrogen) atoms. The molecule has 0 aromatic carbocycles. The van der Waals surface area contributed by atoms with E-state index in [1.807, 2.05) is 0 Å². The van der Waals surface area contributed by atoms with Crippen molar-refractivity contribution >= 4 is 20.8 Å². The van der Waals surface area contributed by atoms with Crippen molar-refractivity contribution in [1.82, 2.24) is 8.61 Å². The van der Waals surface area contributed by atoms with E-state index >= 15 is 0 Å². The molecule has 0 spiro atoms. The van der Waals surface area contributed by atoms with Gasteiger partial charge in [-0.3, -0.25) is 0 Å². The Bertz CT molecular complexity index is 357. The Morgan fingerprint density at radius 3 is 1.07 bits per heavy atom. The van der Waals surface area contributed by atoms with Gasteiger partial charge in [0, 0.05) is 26.2 Å². The lowest BCUT2D eigenvalue weighted by molar-refractivity contribution is 0.256. The fraction of sp³-hybridized carbons (Fsp3) is 1.00. The zero-order valence-corrected chi connectivity index (χ0v) is 8.56. The van der Waals surface area contributed by atoms with Crippen molar-refractivity contribution in [3.8, 4) is 0 Å². The van der Waals surface area contributed by atoms with Crippen molar-refractivity contribution in [2.75, 3.05) is 26.2 Å². The maximum Gasteiger partial charge on any atom is 0.374 e. The molecule has 0 aromatic heterocycles. The average Bonchev–Trinajstić information content (AvgIpc) is 2.01. The van der Waals surface area contributed by atoms with E-state index in [4.69, 9.17) is 0 Å². The molecule has 0 radical (unpaired) electrons. The molecule has 1 aliphatic heterocycles. The zero-order chi connectivity index (χ0) is 11.0. The van der Waals surface area contributed by atoms with E-state index in [9.17, 15) is 24.6 Å². The SMILES string of the molecule is O=S(=O)(F)N1CCN(S(=O)(=O)F)CC1. The summed E-state index contributed by atoms with van der Waals surface area (Å²) in [6, 6.07) is 0. The number of hydrogen-bond donors (Lipinski definition) is 0. The van der Waals surface area contributed by atoms with Crippen LogP contribution in [-0.2, 0) is 20.8 Å². The lowest BCUT2D eigenvalue weighted by atomic mass is 10.4. The second-order valence-electron chi connectivity index (χ2n) is 2.68. The van der Waals surface area contributed by atoms with E-state index in [1.54, 1.807) is 0 Å². The Hall–Kier alpha value is -0.320. The molecule has 1 saturated heterocycles. The summed E-state index contributed by atoms with van der Waals surface area (Å²) in [7, 11) is -9.61. The first-order valence-electron chi connectivity index (χ1n) is 3.61. The summed E-state index contributed by atoms with van der Waals surface area (Å²) >= 11 is 0. The standard InChI is InChI=1S/C4H8F2N2O4S2/c5-13(9,10)7-1-2-8(4-3-7)14(6,11)12/h1-4H2. The van der Waals surface area contributed by atoms with Gasteiger partial charge in [0.1, 0.15) is 0 Å². The van der Waals surface area contributed by atoms with Gasteiger partial charge in [0.2, 0.25) is 0 Å². The maximum absolute atomic E-state index is 12.3. The molecular formula is C4H8F2N2O4S2. The van der Waals surface area contributed by atoms with Crippen molar-refractivity contribution in [2.24, 2.45) is 0 Å². The number of hydrogen-bond acceptors (Lipinski definition) is 4. The van der Waals surface area contributed by atoms with Crippen LogP contribution in [0.5, 0.6) is 0 Å². The predicted molar refractivity (Wildman–Crippen MR) is 43.2 cm³/mol. The number of halogens is 2. The van der Waals surface area contributed by atoms with Crippen LogP contribution in [0, 0.1) is 0 Å². The number of rotatable bonds is 2. The molecule has 6 nitrogen and oxygen atoms in total. The smallest absolute Gasteiger partial charge is 0.177 e. The number of nitrogens with zero attached hydrogens (tertiary/aromatic N) is 2. The van der Waals surface area contributed by atoms with Crippen molar-refractivity contribution < 1.29 is 24.6 Å². The van der Waals surface area contributed by atoms with Crippen LogP contribution in [0.25, 0.3) is 0 Å². The normalized spacial score (nSPS) is 22.4. The van der Waals surface area contributed by atoms with Gasteiger partial charge in [-0.15, -0.1) is 0 Å². The van der Waals surface area contributed by atoms with Gasteiger partial charge in [-0.25, -0.2) is 0 Å². The highest BCUT2D eigenvalue weighted by Gasteiger charge is 2.31. The highest BCUT2D eigenvalue weighted by atomic mass is 32.3. The largest absolute Gasteiger partial charge is 0.374 e. The van der Waals surface area contributed by atoms with Gasteiger partial charge in [-0.1, -0.05) is 7.77 Å². The van der Waals surface area contributed by atoms with Gasteiger partial charge >= 0.3 is 20.8 Å². The zero-order valence-electron chi connectivity index (χ0n) is 6.93. The lowest BCUT2D eigenvalue weighted by Crippen LogP contribution is -2.48. The first-order chi connectivity index (χ1) is 6.21. The van der Waals surface area contributed by atoms with Crippen LogP contribution in [0.2, 0.25) is 0 Å². The van der Waals surface area contributed by atoms with Crippen LogP contribution >= 0.6 is 0 Å². The van der Waals surface area contributed by atoms with E-state index in [0.717, 1.165) is 0 Å². The Morgan fingerprint density at radius 2 is 0.929 bits per heavy atom.